The monoisotopic (exact) mass is 366 g/mol. The number of amides is 1. The van der Waals surface area contributed by atoms with Crippen LogP contribution in [0, 0.1) is 12.8 Å². The number of carbonyl (C=O) groups excluding carboxylic acids is 1. The zero-order chi connectivity index (χ0) is 17.9. The number of aromatic nitrogens is 1. The van der Waals surface area contributed by atoms with E-state index in [9.17, 15) is 14.7 Å². The summed E-state index contributed by atoms with van der Waals surface area (Å²) < 4.78 is 0. The van der Waals surface area contributed by atoms with E-state index in [0.717, 1.165) is 5.56 Å². The van der Waals surface area contributed by atoms with Gasteiger partial charge in [-0.25, -0.2) is 9.78 Å². The highest BCUT2D eigenvalue weighted by Crippen LogP contribution is 2.32. The maximum absolute atomic E-state index is 12.5. The van der Waals surface area contributed by atoms with Crippen molar-refractivity contribution in [3.8, 4) is 10.6 Å². The van der Waals surface area contributed by atoms with Crippen molar-refractivity contribution in [1.82, 2.24) is 10.3 Å². The van der Waals surface area contributed by atoms with E-state index in [2.05, 4.69) is 10.3 Å². The van der Waals surface area contributed by atoms with Crippen molar-refractivity contribution in [3.63, 3.8) is 0 Å². The van der Waals surface area contributed by atoms with Crippen LogP contribution >= 0.6 is 22.9 Å². The van der Waals surface area contributed by atoms with Gasteiger partial charge >= 0.3 is 5.97 Å². The Bertz CT molecular complexity index is 758. The van der Waals surface area contributed by atoms with Gasteiger partial charge in [-0.1, -0.05) is 43.6 Å². The maximum Gasteiger partial charge on any atom is 0.326 e. The highest BCUT2D eigenvalue weighted by atomic mass is 35.5. The number of carboxylic acids is 1. The third kappa shape index (κ3) is 4.33. The van der Waals surface area contributed by atoms with Crippen LogP contribution in [0.2, 0.25) is 5.02 Å². The fraction of sp³-hybridized carbons (Fsp3) is 0.353. The topological polar surface area (TPSA) is 79.3 Å². The molecule has 0 aliphatic carbocycles. The van der Waals surface area contributed by atoms with Gasteiger partial charge in [0, 0.05) is 5.56 Å². The number of benzene rings is 1. The molecule has 0 radical (unpaired) electrons. The normalized spacial score (nSPS) is 12.2. The summed E-state index contributed by atoms with van der Waals surface area (Å²) in [6, 6.07) is 6.35. The van der Waals surface area contributed by atoms with E-state index in [-0.39, 0.29) is 5.92 Å². The number of carboxylic acid groups (broad SMARTS) is 1. The van der Waals surface area contributed by atoms with Crippen LogP contribution in [0.4, 0.5) is 0 Å². The van der Waals surface area contributed by atoms with Crippen molar-refractivity contribution >= 4 is 34.8 Å². The van der Waals surface area contributed by atoms with Crippen LogP contribution in [0.25, 0.3) is 10.6 Å². The van der Waals surface area contributed by atoms with E-state index in [0.29, 0.717) is 27.0 Å². The molecule has 0 aliphatic rings. The van der Waals surface area contributed by atoms with E-state index in [1.807, 2.05) is 32.0 Å². The molecular formula is C17H19ClN2O3S. The summed E-state index contributed by atoms with van der Waals surface area (Å²) in [7, 11) is 0. The van der Waals surface area contributed by atoms with Crippen LogP contribution in [0.3, 0.4) is 0 Å². The molecule has 0 fully saturated rings. The summed E-state index contributed by atoms with van der Waals surface area (Å²) >= 11 is 7.38. The van der Waals surface area contributed by atoms with Gasteiger partial charge in [-0.3, -0.25) is 4.79 Å². The van der Waals surface area contributed by atoms with Gasteiger partial charge in [-0.15, -0.1) is 11.3 Å². The number of aryl methyl sites for hydroxylation is 1. The predicted molar refractivity (Wildman–Crippen MR) is 95.6 cm³/mol. The lowest BCUT2D eigenvalue weighted by Gasteiger charge is -2.15. The molecule has 0 aliphatic heterocycles. The summed E-state index contributed by atoms with van der Waals surface area (Å²) in [5.74, 6) is -1.30. The molecule has 2 aromatic rings. The third-order valence-electron chi connectivity index (χ3n) is 3.42. The van der Waals surface area contributed by atoms with Crippen LogP contribution < -0.4 is 5.32 Å². The molecular weight excluding hydrogens is 348 g/mol. The zero-order valence-electron chi connectivity index (χ0n) is 13.7. The Morgan fingerprint density at radius 3 is 2.58 bits per heavy atom. The highest BCUT2D eigenvalue weighted by molar-refractivity contribution is 7.17. The van der Waals surface area contributed by atoms with Crippen molar-refractivity contribution in [2.75, 3.05) is 0 Å². The average molecular weight is 367 g/mol. The quantitative estimate of drug-likeness (QED) is 0.809. The number of nitrogens with zero attached hydrogens (tertiary/aromatic N) is 1. The molecule has 2 rings (SSSR count). The second-order valence-electron chi connectivity index (χ2n) is 5.91. The van der Waals surface area contributed by atoms with Gasteiger partial charge < -0.3 is 10.4 Å². The standard InChI is InChI=1S/C17H19ClN2O3S/c1-9(2)8-13(17(22)23)20-15(21)14-10(3)19-16(24-14)11-6-4-5-7-12(11)18/h4-7,9,13H,8H2,1-3H3,(H,20,21)(H,22,23)/t13-/m0/s1. The van der Waals surface area contributed by atoms with Gasteiger partial charge in [0.15, 0.2) is 0 Å². The Balaban J connectivity index is 2.25. The van der Waals surface area contributed by atoms with E-state index in [4.69, 9.17) is 11.6 Å². The van der Waals surface area contributed by atoms with E-state index in [1.165, 1.54) is 11.3 Å². The van der Waals surface area contributed by atoms with Crippen molar-refractivity contribution in [3.05, 3.63) is 39.9 Å². The second-order valence-corrected chi connectivity index (χ2v) is 7.31. The Kier molecular flexibility index (Phi) is 5.96. The Hall–Kier alpha value is -1.92. The lowest BCUT2D eigenvalue weighted by Crippen LogP contribution is -2.41. The fourth-order valence-corrected chi connectivity index (χ4v) is 3.56. The fourth-order valence-electron chi connectivity index (χ4n) is 2.27. The average Bonchev–Trinajstić information content (AvgIpc) is 2.88. The zero-order valence-corrected chi connectivity index (χ0v) is 15.2. The number of rotatable bonds is 6. The van der Waals surface area contributed by atoms with Gasteiger partial charge in [0.2, 0.25) is 0 Å². The van der Waals surface area contributed by atoms with Crippen molar-refractivity contribution in [2.24, 2.45) is 5.92 Å². The summed E-state index contributed by atoms with van der Waals surface area (Å²) in [6.45, 7) is 5.55. The number of carbonyl (C=O) groups is 2. The lowest BCUT2D eigenvalue weighted by atomic mass is 10.0. The minimum Gasteiger partial charge on any atom is -0.480 e. The van der Waals surface area contributed by atoms with Crippen LogP contribution in [0.1, 0.15) is 35.6 Å². The minimum atomic E-state index is -1.04. The number of halogens is 1. The first-order valence-corrected chi connectivity index (χ1v) is 8.75. The molecule has 1 heterocycles. The van der Waals surface area contributed by atoms with Crippen molar-refractivity contribution in [2.45, 2.75) is 33.2 Å². The molecule has 128 valence electrons. The lowest BCUT2D eigenvalue weighted by molar-refractivity contribution is -0.139. The number of thiazole rings is 1. The molecule has 7 heteroatoms. The smallest absolute Gasteiger partial charge is 0.326 e. The Morgan fingerprint density at radius 1 is 1.33 bits per heavy atom. The molecule has 0 saturated carbocycles. The predicted octanol–water partition coefficient (Wildman–Crippen LogP) is 4.00. The first-order chi connectivity index (χ1) is 11.3. The molecule has 1 aromatic heterocycles. The largest absolute Gasteiger partial charge is 0.480 e. The first-order valence-electron chi connectivity index (χ1n) is 7.55. The summed E-state index contributed by atoms with van der Waals surface area (Å²) in [6.07, 6.45) is 0.371. The second kappa shape index (κ2) is 7.77. The van der Waals surface area contributed by atoms with Crippen molar-refractivity contribution in [1.29, 1.82) is 0 Å². The maximum atomic E-state index is 12.5. The number of hydrogen-bond acceptors (Lipinski definition) is 4. The van der Waals surface area contributed by atoms with E-state index >= 15 is 0 Å². The van der Waals surface area contributed by atoms with Crippen LogP contribution in [-0.4, -0.2) is 28.0 Å². The number of aliphatic carboxylic acids is 1. The molecule has 0 spiro atoms. The van der Waals surface area contributed by atoms with E-state index < -0.39 is 17.9 Å². The van der Waals surface area contributed by atoms with Crippen LogP contribution in [0.15, 0.2) is 24.3 Å². The van der Waals surface area contributed by atoms with E-state index in [1.54, 1.807) is 13.0 Å². The summed E-state index contributed by atoms with van der Waals surface area (Å²) in [5, 5.41) is 13.0. The van der Waals surface area contributed by atoms with Gasteiger partial charge in [-0.2, -0.15) is 0 Å². The minimum absolute atomic E-state index is 0.160. The molecule has 0 unspecified atom stereocenters. The Labute approximate surface area is 149 Å². The molecule has 24 heavy (non-hydrogen) atoms. The van der Waals surface area contributed by atoms with Crippen LogP contribution in [0.5, 0.6) is 0 Å². The molecule has 0 saturated heterocycles. The van der Waals surface area contributed by atoms with Crippen molar-refractivity contribution < 1.29 is 14.7 Å². The number of hydrogen-bond donors (Lipinski definition) is 2. The van der Waals surface area contributed by atoms with Gasteiger partial charge in [0.05, 0.1) is 10.7 Å². The van der Waals surface area contributed by atoms with Crippen LogP contribution in [-0.2, 0) is 4.79 Å². The molecule has 2 N–H and O–H groups in total. The van der Waals surface area contributed by atoms with Gasteiger partial charge in [-0.05, 0) is 25.3 Å². The highest BCUT2D eigenvalue weighted by Gasteiger charge is 2.24. The van der Waals surface area contributed by atoms with Gasteiger partial charge in [0.1, 0.15) is 15.9 Å². The van der Waals surface area contributed by atoms with Gasteiger partial charge in [0.25, 0.3) is 5.91 Å². The molecule has 1 aromatic carbocycles. The number of nitrogens with one attached hydrogen (secondary N) is 1. The third-order valence-corrected chi connectivity index (χ3v) is 4.94. The summed E-state index contributed by atoms with van der Waals surface area (Å²) in [5.41, 5.74) is 1.31. The molecule has 1 atom stereocenters. The summed E-state index contributed by atoms with van der Waals surface area (Å²) in [4.78, 5) is 28.6. The Morgan fingerprint density at radius 2 is 2.00 bits per heavy atom. The molecule has 1 amide bonds. The first kappa shape index (κ1) is 18.4. The molecule has 5 nitrogen and oxygen atoms in total. The SMILES string of the molecule is Cc1nc(-c2ccccc2Cl)sc1C(=O)N[C@@H](CC(C)C)C(=O)O. The molecule has 0 bridgehead atoms.